The predicted octanol–water partition coefficient (Wildman–Crippen LogP) is 1.67. The van der Waals surface area contributed by atoms with Crippen LogP contribution in [0.1, 0.15) is 32.6 Å². The van der Waals surface area contributed by atoms with Gasteiger partial charge in [-0.15, -0.1) is 0 Å². The zero-order valence-electron chi connectivity index (χ0n) is 7.67. The van der Waals surface area contributed by atoms with E-state index in [2.05, 4.69) is 0 Å². The summed E-state index contributed by atoms with van der Waals surface area (Å²) in [5.74, 6) is -0.329. The molecule has 0 aromatic rings. The highest BCUT2D eigenvalue weighted by atomic mass is 16.5. The van der Waals surface area contributed by atoms with E-state index >= 15 is 0 Å². The largest absolute Gasteiger partial charge is 0.481 e. The summed E-state index contributed by atoms with van der Waals surface area (Å²) >= 11 is 0. The molecule has 0 aromatic carbocycles. The fourth-order valence-electron chi connectivity index (χ4n) is 1.70. The zero-order valence-corrected chi connectivity index (χ0v) is 7.67. The molecule has 0 spiro atoms. The molecule has 1 aliphatic carbocycles. The first kappa shape index (κ1) is 9.52. The number of carboxylic acids is 1. The molecule has 0 saturated heterocycles. The summed E-state index contributed by atoms with van der Waals surface area (Å²) in [5, 5.41) is 8.67. The molecule has 3 heteroatoms. The molecule has 1 aliphatic rings. The molecule has 70 valence electrons. The molecule has 0 radical (unpaired) electrons. The summed E-state index contributed by atoms with van der Waals surface area (Å²) in [6.45, 7) is 1.89. The van der Waals surface area contributed by atoms with Gasteiger partial charge in [-0.25, -0.2) is 0 Å². The van der Waals surface area contributed by atoms with Crippen LogP contribution in [0.4, 0.5) is 0 Å². The molecule has 3 nitrogen and oxygen atoms in total. The number of carbonyl (C=O) groups is 1. The lowest BCUT2D eigenvalue weighted by molar-refractivity contribution is -0.149. The van der Waals surface area contributed by atoms with Gasteiger partial charge in [-0.3, -0.25) is 4.79 Å². The van der Waals surface area contributed by atoms with Crippen molar-refractivity contribution in [3.63, 3.8) is 0 Å². The molecule has 1 N–H and O–H groups in total. The van der Waals surface area contributed by atoms with Crippen LogP contribution >= 0.6 is 0 Å². The van der Waals surface area contributed by atoms with Gasteiger partial charge in [-0.05, 0) is 25.7 Å². The van der Waals surface area contributed by atoms with Crippen molar-refractivity contribution in [2.24, 2.45) is 5.92 Å². The minimum absolute atomic E-state index is 0.119. The van der Waals surface area contributed by atoms with Crippen LogP contribution in [-0.2, 0) is 9.53 Å². The zero-order chi connectivity index (χ0) is 9.19. The van der Waals surface area contributed by atoms with Crippen LogP contribution in [0.15, 0.2) is 0 Å². The van der Waals surface area contributed by atoms with Gasteiger partial charge in [0, 0.05) is 7.11 Å². The van der Waals surface area contributed by atoms with E-state index in [4.69, 9.17) is 9.84 Å². The average molecular weight is 172 g/mol. The molecule has 1 rings (SSSR count). The maximum absolute atomic E-state index is 10.5. The number of hydrogen-bond donors (Lipinski definition) is 1. The van der Waals surface area contributed by atoms with Crippen LogP contribution < -0.4 is 0 Å². The maximum atomic E-state index is 10.5. The third kappa shape index (κ3) is 1.78. The quantitative estimate of drug-likeness (QED) is 0.701. The fraction of sp³-hybridized carbons (Fsp3) is 0.889. The van der Waals surface area contributed by atoms with Crippen molar-refractivity contribution >= 4 is 5.97 Å². The highest BCUT2D eigenvalue weighted by Crippen LogP contribution is 2.39. The second kappa shape index (κ2) is 3.44. The van der Waals surface area contributed by atoms with Crippen molar-refractivity contribution < 1.29 is 14.6 Å². The van der Waals surface area contributed by atoms with Gasteiger partial charge in [-0.1, -0.05) is 6.42 Å². The first-order valence-corrected chi connectivity index (χ1v) is 4.35. The van der Waals surface area contributed by atoms with E-state index in [0.717, 1.165) is 12.8 Å². The van der Waals surface area contributed by atoms with Gasteiger partial charge >= 0.3 is 5.97 Å². The molecule has 1 saturated carbocycles. The highest BCUT2D eigenvalue weighted by Gasteiger charge is 2.39. The minimum Gasteiger partial charge on any atom is -0.481 e. The lowest BCUT2D eigenvalue weighted by atomic mass is 9.72. The molecule has 12 heavy (non-hydrogen) atoms. The van der Waals surface area contributed by atoms with E-state index in [1.54, 1.807) is 7.11 Å². The highest BCUT2D eigenvalue weighted by molar-refractivity contribution is 5.68. The second-order valence-corrected chi connectivity index (χ2v) is 3.72. The van der Waals surface area contributed by atoms with Crippen LogP contribution in [-0.4, -0.2) is 23.8 Å². The van der Waals surface area contributed by atoms with E-state index in [9.17, 15) is 4.79 Å². The number of ether oxygens (including phenoxy) is 1. The molecule has 0 aliphatic heterocycles. The second-order valence-electron chi connectivity index (χ2n) is 3.72. The van der Waals surface area contributed by atoms with Crippen molar-refractivity contribution in [2.75, 3.05) is 7.11 Å². The maximum Gasteiger partial charge on any atom is 0.306 e. The third-order valence-electron chi connectivity index (χ3n) is 2.94. The SMILES string of the molecule is COC(C)(CC(=O)O)C1CCC1. The topological polar surface area (TPSA) is 46.5 Å². The number of methoxy groups -OCH3 is 1. The standard InChI is InChI=1S/C9H16O3/c1-9(12-2,6-8(10)11)7-4-3-5-7/h7H,3-6H2,1-2H3,(H,10,11). The third-order valence-corrected chi connectivity index (χ3v) is 2.94. The Hall–Kier alpha value is -0.570. The Morgan fingerprint density at radius 3 is 2.50 bits per heavy atom. The summed E-state index contributed by atoms with van der Waals surface area (Å²) in [7, 11) is 1.60. The molecule has 0 heterocycles. The van der Waals surface area contributed by atoms with Crippen molar-refractivity contribution in [3.05, 3.63) is 0 Å². The van der Waals surface area contributed by atoms with Gasteiger partial charge in [0.15, 0.2) is 0 Å². The van der Waals surface area contributed by atoms with Gasteiger partial charge in [0.2, 0.25) is 0 Å². The van der Waals surface area contributed by atoms with E-state index in [0.29, 0.717) is 5.92 Å². The normalized spacial score (nSPS) is 22.8. The first-order valence-electron chi connectivity index (χ1n) is 4.35. The Kier molecular flexibility index (Phi) is 2.73. The monoisotopic (exact) mass is 172 g/mol. The Balaban J connectivity index is 2.53. The first-order chi connectivity index (χ1) is 5.58. The number of hydrogen-bond acceptors (Lipinski definition) is 2. The van der Waals surface area contributed by atoms with E-state index < -0.39 is 11.6 Å². The summed E-state index contributed by atoms with van der Waals surface area (Å²) < 4.78 is 5.27. The van der Waals surface area contributed by atoms with Crippen LogP contribution in [0.3, 0.4) is 0 Å². The number of aliphatic carboxylic acids is 1. The van der Waals surface area contributed by atoms with Gasteiger partial charge in [0.1, 0.15) is 0 Å². The molecule has 0 aromatic heterocycles. The van der Waals surface area contributed by atoms with Gasteiger partial charge in [0.25, 0.3) is 0 Å². The van der Waals surface area contributed by atoms with E-state index in [-0.39, 0.29) is 6.42 Å². The van der Waals surface area contributed by atoms with Gasteiger partial charge in [0.05, 0.1) is 12.0 Å². The summed E-state index contributed by atoms with van der Waals surface area (Å²) in [5.41, 5.74) is -0.440. The Morgan fingerprint density at radius 1 is 1.67 bits per heavy atom. The molecular weight excluding hydrogens is 156 g/mol. The Bertz CT molecular complexity index is 175. The number of rotatable bonds is 4. The molecule has 1 fully saturated rings. The van der Waals surface area contributed by atoms with Crippen LogP contribution in [0.25, 0.3) is 0 Å². The lowest BCUT2D eigenvalue weighted by Crippen LogP contribution is -2.42. The Labute approximate surface area is 72.7 Å². The molecule has 0 amide bonds. The predicted molar refractivity (Wildman–Crippen MR) is 45.0 cm³/mol. The van der Waals surface area contributed by atoms with Crippen LogP contribution in [0.2, 0.25) is 0 Å². The molecular formula is C9H16O3. The Morgan fingerprint density at radius 2 is 2.25 bits per heavy atom. The molecule has 1 atom stereocenters. The number of carboxylic acid groups (broad SMARTS) is 1. The van der Waals surface area contributed by atoms with Crippen molar-refractivity contribution in [2.45, 2.75) is 38.2 Å². The average Bonchev–Trinajstić information content (AvgIpc) is 1.81. The lowest BCUT2D eigenvalue weighted by Gasteiger charge is -2.40. The van der Waals surface area contributed by atoms with Gasteiger partial charge < -0.3 is 9.84 Å². The fourth-order valence-corrected chi connectivity index (χ4v) is 1.70. The summed E-state index contributed by atoms with van der Waals surface area (Å²) in [6.07, 6.45) is 3.55. The van der Waals surface area contributed by atoms with Crippen molar-refractivity contribution in [1.29, 1.82) is 0 Å². The summed E-state index contributed by atoms with van der Waals surface area (Å²) in [4.78, 5) is 10.5. The minimum atomic E-state index is -0.772. The van der Waals surface area contributed by atoms with Gasteiger partial charge in [-0.2, -0.15) is 0 Å². The van der Waals surface area contributed by atoms with Crippen LogP contribution in [0, 0.1) is 5.92 Å². The smallest absolute Gasteiger partial charge is 0.306 e. The summed E-state index contributed by atoms with van der Waals surface area (Å²) in [6, 6.07) is 0. The van der Waals surface area contributed by atoms with E-state index in [1.165, 1.54) is 6.42 Å². The van der Waals surface area contributed by atoms with Crippen molar-refractivity contribution in [1.82, 2.24) is 0 Å². The molecule has 1 unspecified atom stereocenters. The van der Waals surface area contributed by atoms with Crippen molar-refractivity contribution in [3.8, 4) is 0 Å². The molecule has 0 bridgehead atoms. The van der Waals surface area contributed by atoms with Crippen LogP contribution in [0.5, 0.6) is 0 Å². The van der Waals surface area contributed by atoms with E-state index in [1.807, 2.05) is 6.92 Å².